The second-order valence-corrected chi connectivity index (χ2v) is 1.78. The van der Waals surface area contributed by atoms with Crippen molar-refractivity contribution in [3.05, 3.63) is 24.8 Å². The molecule has 14 heavy (non-hydrogen) atoms. The number of aliphatic hydroxyl groups is 2. The predicted octanol–water partition coefficient (Wildman–Crippen LogP) is 3.16. The minimum atomic E-state index is 1.00. The van der Waals surface area contributed by atoms with Gasteiger partial charge in [0.1, 0.15) is 0 Å². The van der Waals surface area contributed by atoms with Crippen molar-refractivity contribution in [2.45, 2.75) is 40.0 Å². The second-order valence-electron chi connectivity index (χ2n) is 1.78. The molecule has 0 fully saturated rings. The molecular weight excluding hydrogens is 176 g/mol. The Bertz CT molecular complexity index is 78.4. The van der Waals surface area contributed by atoms with Gasteiger partial charge < -0.3 is 10.2 Å². The molecule has 0 aliphatic carbocycles. The minimum Gasteiger partial charge on any atom is -0.400 e. The van der Waals surface area contributed by atoms with E-state index < -0.39 is 0 Å². The third-order valence-electron chi connectivity index (χ3n) is 0.925. The Balaban J connectivity index is -0.0000000708. The molecular formula is C12H28O2. The molecule has 0 radical (unpaired) electrons. The molecule has 0 bridgehead atoms. The van der Waals surface area contributed by atoms with Crippen LogP contribution in [0.4, 0.5) is 0 Å². The summed E-state index contributed by atoms with van der Waals surface area (Å²) in [5.41, 5.74) is 0. The van der Waals surface area contributed by atoms with Gasteiger partial charge in [-0.15, -0.1) is 6.58 Å². The summed E-state index contributed by atoms with van der Waals surface area (Å²) in [6, 6.07) is 0. The first kappa shape index (κ1) is 23.3. The first-order chi connectivity index (χ1) is 6.91. The highest BCUT2D eigenvalue weighted by Crippen LogP contribution is 1.90. The zero-order chi connectivity index (χ0) is 12.2. The highest BCUT2D eigenvalue weighted by molar-refractivity contribution is 4.87. The molecule has 2 nitrogen and oxygen atoms in total. The minimum absolute atomic E-state index is 1.00. The van der Waals surface area contributed by atoms with Crippen molar-refractivity contribution in [3.63, 3.8) is 0 Å². The summed E-state index contributed by atoms with van der Waals surface area (Å²) in [4.78, 5) is 0. The van der Waals surface area contributed by atoms with E-state index in [1.807, 2.05) is 19.9 Å². The molecule has 0 aromatic heterocycles. The summed E-state index contributed by atoms with van der Waals surface area (Å²) >= 11 is 0. The van der Waals surface area contributed by atoms with Crippen LogP contribution >= 0.6 is 0 Å². The van der Waals surface area contributed by atoms with Crippen LogP contribution in [0.5, 0.6) is 0 Å². The van der Waals surface area contributed by atoms with Crippen LogP contribution in [-0.2, 0) is 0 Å². The number of allylic oxidation sites excluding steroid dienone is 3. The number of hydrogen-bond acceptors (Lipinski definition) is 2. The molecule has 0 aliphatic rings. The van der Waals surface area contributed by atoms with Gasteiger partial charge in [0.2, 0.25) is 0 Å². The Morgan fingerprint density at radius 2 is 1.43 bits per heavy atom. The number of aliphatic hydroxyl groups excluding tert-OH is 2. The Kier molecular flexibility index (Phi) is 92.0. The van der Waals surface area contributed by atoms with Gasteiger partial charge in [0.25, 0.3) is 0 Å². The quantitative estimate of drug-likeness (QED) is 0.691. The molecule has 2 heteroatoms. The summed E-state index contributed by atoms with van der Waals surface area (Å²) in [5, 5.41) is 14.0. The summed E-state index contributed by atoms with van der Waals surface area (Å²) in [7, 11) is 2.00. The van der Waals surface area contributed by atoms with Crippen LogP contribution in [0, 0.1) is 0 Å². The van der Waals surface area contributed by atoms with E-state index in [0.717, 1.165) is 20.6 Å². The molecule has 0 rings (SSSR count). The van der Waals surface area contributed by atoms with Crippen molar-refractivity contribution in [2.75, 3.05) is 14.2 Å². The van der Waals surface area contributed by atoms with Gasteiger partial charge in [0.05, 0.1) is 0 Å². The zero-order valence-corrected chi connectivity index (χ0v) is 10.5. The Morgan fingerprint density at radius 3 is 1.71 bits per heavy atom. The highest BCUT2D eigenvalue weighted by atomic mass is 16.2. The summed E-state index contributed by atoms with van der Waals surface area (Å²) < 4.78 is 0. The SMILES string of the molecule is C=CC/C=C\CCC.CC.CO.CO. The lowest BCUT2D eigenvalue weighted by molar-refractivity contribution is 0.399. The van der Waals surface area contributed by atoms with Crippen LogP contribution < -0.4 is 0 Å². The molecule has 88 valence electrons. The zero-order valence-electron chi connectivity index (χ0n) is 10.5. The summed E-state index contributed by atoms with van der Waals surface area (Å²) in [6.45, 7) is 9.79. The van der Waals surface area contributed by atoms with E-state index >= 15 is 0 Å². The maximum absolute atomic E-state index is 7.00. The smallest absolute Gasteiger partial charge is 0.0319 e. The van der Waals surface area contributed by atoms with Gasteiger partial charge in [-0.2, -0.15) is 0 Å². The van der Waals surface area contributed by atoms with E-state index in [0.29, 0.717) is 0 Å². The molecule has 0 aromatic carbocycles. The van der Waals surface area contributed by atoms with Crippen molar-refractivity contribution in [1.82, 2.24) is 0 Å². The van der Waals surface area contributed by atoms with Gasteiger partial charge in [-0.25, -0.2) is 0 Å². The lowest BCUT2D eigenvalue weighted by atomic mass is 10.3. The fourth-order valence-corrected chi connectivity index (χ4v) is 0.477. The third-order valence-corrected chi connectivity index (χ3v) is 0.925. The lowest BCUT2D eigenvalue weighted by Crippen LogP contribution is -1.60. The highest BCUT2D eigenvalue weighted by Gasteiger charge is 1.69. The number of unbranched alkanes of at least 4 members (excludes halogenated alkanes) is 1. The van der Waals surface area contributed by atoms with E-state index in [1.165, 1.54) is 12.8 Å². The molecule has 0 aromatic rings. The van der Waals surface area contributed by atoms with Crippen LogP contribution in [0.1, 0.15) is 40.0 Å². The molecule has 0 amide bonds. The standard InChI is InChI=1S/C8H14.C2H6.2CH4O/c1-3-5-7-8-6-4-2;3*1-2/h3,7-8H,1,4-6H2,2H3;1-2H3;2*2H,1H3/b8-7-;;;. The Morgan fingerprint density at radius 1 is 1.00 bits per heavy atom. The molecule has 2 N–H and O–H groups in total. The maximum atomic E-state index is 7.00. The van der Waals surface area contributed by atoms with Crippen molar-refractivity contribution >= 4 is 0 Å². The largest absolute Gasteiger partial charge is 0.400 e. The first-order valence-corrected chi connectivity index (χ1v) is 5.07. The molecule has 0 atom stereocenters. The van der Waals surface area contributed by atoms with E-state index in [9.17, 15) is 0 Å². The van der Waals surface area contributed by atoms with E-state index in [2.05, 4.69) is 25.7 Å². The Labute approximate surface area is 90.0 Å². The molecule has 0 saturated carbocycles. The number of rotatable bonds is 4. The average molecular weight is 204 g/mol. The van der Waals surface area contributed by atoms with Gasteiger partial charge in [-0.3, -0.25) is 0 Å². The van der Waals surface area contributed by atoms with E-state index in [-0.39, 0.29) is 0 Å². The van der Waals surface area contributed by atoms with Gasteiger partial charge >= 0.3 is 0 Å². The molecule has 0 spiro atoms. The van der Waals surface area contributed by atoms with Crippen LogP contribution in [0.15, 0.2) is 24.8 Å². The maximum Gasteiger partial charge on any atom is 0.0319 e. The van der Waals surface area contributed by atoms with E-state index in [4.69, 9.17) is 10.2 Å². The van der Waals surface area contributed by atoms with Crippen LogP contribution in [0.2, 0.25) is 0 Å². The molecule has 0 unspecified atom stereocenters. The van der Waals surface area contributed by atoms with Gasteiger partial charge in [0, 0.05) is 14.2 Å². The number of hydrogen-bond donors (Lipinski definition) is 2. The van der Waals surface area contributed by atoms with Crippen LogP contribution in [0.25, 0.3) is 0 Å². The molecule has 0 heterocycles. The van der Waals surface area contributed by atoms with Gasteiger partial charge in [0.15, 0.2) is 0 Å². The van der Waals surface area contributed by atoms with Crippen molar-refractivity contribution in [3.8, 4) is 0 Å². The van der Waals surface area contributed by atoms with Crippen LogP contribution in [-0.4, -0.2) is 24.4 Å². The summed E-state index contributed by atoms with van der Waals surface area (Å²) in [6.07, 6.45) is 9.71. The van der Waals surface area contributed by atoms with Gasteiger partial charge in [-0.1, -0.05) is 45.4 Å². The van der Waals surface area contributed by atoms with Crippen molar-refractivity contribution < 1.29 is 10.2 Å². The first-order valence-electron chi connectivity index (χ1n) is 5.07. The fourth-order valence-electron chi connectivity index (χ4n) is 0.477. The predicted molar refractivity (Wildman–Crippen MR) is 66.5 cm³/mol. The molecule has 0 aliphatic heterocycles. The fraction of sp³-hybridized carbons (Fsp3) is 0.667. The molecule has 0 saturated heterocycles. The third kappa shape index (κ3) is 63.7. The average Bonchev–Trinajstić information content (AvgIpc) is 2.33. The normalized spacial score (nSPS) is 7.07. The second kappa shape index (κ2) is 55.3. The van der Waals surface area contributed by atoms with Gasteiger partial charge in [-0.05, 0) is 12.8 Å². The lowest BCUT2D eigenvalue weighted by Gasteiger charge is -1.80. The van der Waals surface area contributed by atoms with Crippen molar-refractivity contribution in [1.29, 1.82) is 0 Å². The van der Waals surface area contributed by atoms with E-state index in [1.54, 1.807) is 0 Å². The van der Waals surface area contributed by atoms with Crippen molar-refractivity contribution in [2.24, 2.45) is 0 Å². The Hall–Kier alpha value is -0.600. The monoisotopic (exact) mass is 204 g/mol. The summed E-state index contributed by atoms with van der Waals surface area (Å²) in [5.74, 6) is 0. The van der Waals surface area contributed by atoms with Crippen LogP contribution in [0.3, 0.4) is 0 Å². The topological polar surface area (TPSA) is 40.5 Å².